The molecule has 3 heterocycles. The van der Waals surface area contributed by atoms with Crippen molar-refractivity contribution in [2.24, 2.45) is 0 Å². The van der Waals surface area contributed by atoms with Gasteiger partial charge in [0, 0.05) is 56.1 Å². The zero-order valence-corrected chi connectivity index (χ0v) is 15.1. The van der Waals surface area contributed by atoms with Crippen LogP contribution in [-0.2, 0) is 11.3 Å². The molecule has 26 heavy (non-hydrogen) atoms. The Balaban J connectivity index is 1.34. The maximum atomic E-state index is 12.7. The molecule has 2 aromatic heterocycles. The van der Waals surface area contributed by atoms with Crippen LogP contribution in [-0.4, -0.2) is 39.6 Å². The van der Waals surface area contributed by atoms with E-state index in [1.807, 2.05) is 39.9 Å². The van der Waals surface area contributed by atoms with Crippen molar-refractivity contribution in [2.75, 3.05) is 13.1 Å². The van der Waals surface area contributed by atoms with E-state index in [0.717, 1.165) is 23.7 Å². The number of carbonyl (C=O) groups is 1. The summed E-state index contributed by atoms with van der Waals surface area (Å²) in [5.74, 6) is 0.803. The Labute approximate surface area is 157 Å². The number of ether oxygens (including phenoxy) is 1. The Kier molecular flexibility index (Phi) is 4.80. The number of carbonyl (C=O) groups excluding carboxylic acids is 1. The summed E-state index contributed by atoms with van der Waals surface area (Å²) in [6, 6.07) is 11.9. The van der Waals surface area contributed by atoms with Crippen LogP contribution in [0.3, 0.4) is 0 Å². The first-order valence-corrected chi connectivity index (χ1v) is 9.16. The SMILES string of the molecule is O=C(Cn1ccc2ccccc21)N1CCC(Oc2ccncc2Cl)CC1. The van der Waals surface area contributed by atoms with Crippen LogP contribution in [0.25, 0.3) is 10.9 Å². The molecule has 1 amide bonds. The van der Waals surface area contributed by atoms with Crippen molar-refractivity contribution < 1.29 is 9.53 Å². The number of fused-ring (bicyclic) bond motifs is 1. The third kappa shape index (κ3) is 3.53. The molecule has 1 fully saturated rings. The molecule has 0 atom stereocenters. The van der Waals surface area contributed by atoms with Gasteiger partial charge >= 0.3 is 0 Å². The fourth-order valence-corrected chi connectivity index (χ4v) is 3.55. The molecule has 0 N–H and O–H groups in total. The van der Waals surface area contributed by atoms with Crippen LogP contribution in [0, 0.1) is 0 Å². The van der Waals surface area contributed by atoms with E-state index < -0.39 is 0 Å². The number of para-hydroxylation sites is 1. The highest BCUT2D eigenvalue weighted by Crippen LogP contribution is 2.26. The lowest BCUT2D eigenvalue weighted by Crippen LogP contribution is -2.43. The van der Waals surface area contributed by atoms with Gasteiger partial charge in [-0.25, -0.2) is 0 Å². The fourth-order valence-electron chi connectivity index (χ4n) is 3.38. The summed E-state index contributed by atoms with van der Waals surface area (Å²) < 4.78 is 7.97. The fraction of sp³-hybridized carbons (Fsp3) is 0.300. The highest BCUT2D eigenvalue weighted by Gasteiger charge is 2.24. The minimum atomic E-state index is 0.0753. The molecule has 134 valence electrons. The Hall–Kier alpha value is -2.53. The zero-order chi connectivity index (χ0) is 17.9. The minimum absolute atomic E-state index is 0.0753. The first-order chi connectivity index (χ1) is 12.7. The van der Waals surface area contributed by atoms with E-state index in [1.165, 1.54) is 0 Å². The lowest BCUT2D eigenvalue weighted by molar-refractivity contribution is -0.133. The molecule has 6 heteroatoms. The molecule has 1 aromatic carbocycles. The normalized spacial score (nSPS) is 15.3. The Morgan fingerprint density at radius 1 is 1.19 bits per heavy atom. The highest BCUT2D eigenvalue weighted by atomic mass is 35.5. The number of benzene rings is 1. The van der Waals surface area contributed by atoms with Crippen molar-refractivity contribution in [3.05, 3.63) is 60.0 Å². The van der Waals surface area contributed by atoms with Gasteiger partial charge in [0.05, 0.1) is 0 Å². The van der Waals surface area contributed by atoms with Gasteiger partial charge in [-0.1, -0.05) is 29.8 Å². The third-order valence-electron chi connectivity index (χ3n) is 4.81. The number of halogens is 1. The monoisotopic (exact) mass is 369 g/mol. The van der Waals surface area contributed by atoms with Gasteiger partial charge in [0.15, 0.2) is 0 Å². The maximum Gasteiger partial charge on any atom is 0.242 e. The Morgan fingerprint density at radius 3 is 2.81 bits per heavy atom. The average Bonchev–Trinajstić information content (AvgIpc) is 3.07. The van der Waals surface area contributed by atoms with Crippen molar-refractivity contribution >= 4 is 28.4 Å². The van der Waals surface area contributed by atoms with Crippen molar-refractivity contribution in [3.8, 4) is 5.75 Å². The Morgan fingerprint density at radius 2 is 2.00 bits per heavy atom. The Bertz CT molecular complexity index is 916. The molecule has 1 aliphatic heterocycles. The molecular formula is C20H20ClN3O2. The number of hydrogen-bond donors (Lipinski definition) is 0. The molecule has 0 unspecified atom stereocenters. The number of likely N-dealkylation sites (tertiary alicyclic amines) is 1. The van der Waals surface area contributed by atoms with Gasteiger partial charge in [0.25, 0.3) is 0 Å². The van der Waals surface area contributed by atoms with E-state index >= 15 is 0 Å². The van der Waals surface area contributed by atoms with E-state index in [2.05, 4.69) is 11.1 Å². The van der Waals surface area contributed by atoms with Crippen LogP contribution >= 0.6 is 11.6 Å². The summed E-state index contributed by atoms with van der Waals surface area (Å²) in [6.07, 6.45) is 6.90. The van der Waals surface area contributed by atoms with Crippen LogP contribution in [0.1, 0.15) is 12.8 Å². The highest BCUT2D eigenvalue weighted by molar-refractivity contribution is 6.31. The summed E-state index contributed by atoms with van der Waals surface area (Å²) >= 11 is 6.10. The van der Waals surface area contributed by atoms with Crippen LogP contribution in [0.15, 0.2) is 55.0 Å². The van der Waals surface area contributed by atoms with Gasteiger partial charge in [-0.05, 0) is 17.5 Å². The number of hydrogen-bond acceptors (Lipinski definition) is 3. The molecule has 0 saturated carbocycles. The lowest BCUT2D eigenvalue weighted by atomic mass is 10.1. The molecule has 0 spiro atoms. The first-order valence-electron chi connectivity index (χ1n) is 8.78. The van der Waals surface area contributed by atoms with Gasteiger partial charge < -0.3 is 14.2 Å². The first kappa shape index (κ1) is 16.9. The second-order valence-electron chi connectivity index (χ2n) is 6.51. The van der Waals surface area contributed by atoms with Gasteiger partial charge in [-0.15, -0.1) is 0 Å². The van der Waals surface area contributed by atoms with E-state index in [1.54, 1.807) is 18.5 Å². The summed E-state index contributed by atoms with van der Waals surface area (Å²) in [5, 5.41) is 1.67. The van der Waals surface area contributed by atoms with Crippen LogP contribution in [0.5, 0.6) is 5.75 Å². The molecule has 0 bridgehead atoms. The standard InChI is InChI=1S/C20H20ClN3O2/c21-17-13-22-9-5-19(17)26-16-7-11-23(12-8-16)20(25)14-24-10-6-15-3-1-2-4-18(15)24/h1-6,9-10,13,16H,7-8,11-12,14H2. The molecular weight excluding hydrogens is 350 g/mol. The second kappa shape index (κ2) is 7.38. The maximum absolute atomic E-state index is 12.7. The van der Waals surface area contributed by atoms with Crippen molar-refractivity contribution in [2.45, 2.75) is 25.5 Å². The summed E-state index contributed by atoms with van der Waals surface area (Å²) in [5.41, 5.74) is 1.09. The number of piperidine rings is 1. The molecule has 1 aliphatic rings. The van der Waals surface area contributed by atoms with E-state index in [9.17, 15) is 4.79 Å². The molecule has 0 radical (unpaired) electrons. The van der Waals surface area contributed by atoms with E-state index in [0.29, 0.717) is 30.4 Å². The number of nitrogens with zero attached hydrogens (tertiary/aromatic N) is 3. The topological polar surface area (TPSA) is 47.4 Å². The molecule has 0 aliphatic carbocycles. The van der Waals surface area contributed by atoms with Gasteiger partial charge in [-0.3, -0.25) is 9.78 Å². The van der Waals surface area contributed by atoms with Crippen LogP contribution < -0.4 is 4.74 Å². The zero-order valence-electron chi connectivity index (χ0n) is 14.3. The third-order valence-corrected chi connectivity index (χ3v) is 5.09. The van der Waals surface area contributed by atoms with Crippen LogP contribution in [0.4, 0.5) is 0 Å². The second-order valence-corrected chi connectivity index (χ2v) is 6.91. The van der Waals surface area contributed by atoms with Gasteiger partial charge in [-0.2, -0.15) is 0 Å². The predicted octanol–water partition coefficient (Wildman–Crippen LogP) is 3.76. The quantitative estimate of drug-likeness (QED) is 0.703. The smallest absolute Gasteiger partial charge is 0.242 e. The number of aromatic nitrogens is 2. The van der Waals surface area contributed by atoms with Gasteiger partial charge in [0.1, 0.15) is 23.4 Å². The lowest BCUT2D eigenvalue weighted by Gasteiger charge is -2.32. The largest absolute Gasteiger partial charge is 0.489 e. The number of rotatable bonds is 4. The predicted molar refractivity (Wildman–Crippen MR) is 101 cm³/mol. The van der Waals surface area contributed by atoms with Crippen molar-refractivity contribution in [1.29, 1.82) is 0 Å². The molecule has 5 nitrogen and oxygen atoms in total. The number of pyridine rings is 1. The summed E-state index contributed by atoms with van der Waals surface area (Å²) in [4.78, 5) is 18.5. The molecule has 3 aromatic rings. The minimum Gasteiger partial charge on any atom is -0.489 e. The molecule has 4 rings (SSSR count). The van der Waals surface area contributed by atoms with Crippen LogP contribution in [0.2, 0.25) is 5.02 Å². The molecule has 1 saturated heterocycles. The summed E-state index contributed by atoms with van der Waals surface area (Å²) in [6.45, 7) is 1.77. The van der Waals surface area contributed by atoms with Crippen molar-refractivity contribution in [1.82, 2.24) is 14.5 Å². The van der Waals surface area contributed by atoms with Gasteiger partial charge in [0.2, 0.25) is 5.91 Å². The average molecular weight is 370 g/mol. The van der Waals surface area contributed by atoms with E-state index in [4.69, 9.17) is 16.3 Å². The number of amides is 1. The summed E-state index contributed by atoms with van der Waals surface area (Å²) in [7, 11) is 0. The van der Waals surface area contributed by atoms with E-state index in [-0.39, 0.29) is 12.0 Å². The van der Waals surface area contributed by atoms with Crippen molar-refractivity contribution in [3.63, 3.8) is 0 Å².